The van der Waals surface area contributed by atoms with Crippen LogP contribution in [-0.4, -0.2) is 21.9 Å². The van der Waals surface area contributed by atoms with Crippen LogP contribution in [0.4, 0.5) is 5.13 Å². The minimum absolute atomic E-state index is 0.0603. The fraction of sp³-hybridized carbons (Fsp3) is 0.450. The molecule has 1 aliphatic rings. The number of amides is 1. The van der Waals surface area contributed by atoms with Crippen molar-refractivity contribution in [2.75, 3.05) is 5.32 Å². The lowest BCUT2D eigenvalue weighted by atomic mass is 9.78. The first kappa shape index (κ1) is 19.1. The number of nitrogens with one attached hydrogen (secondary N) is 1. The predicted octanol–water partition coefficient (Wildman–Crippen LogP) is 4.98. The fourth-order valence-corrected chi connectivity index (χ4v) is 4.85. The van der Waals surface area contributed by atoms with Gasteiger partial charge in [-0.05, 0) is 29.5 Å². The van der Waals surface area contributed by atoms with E-state index in [1.54, 1.807) is 11.8 Å². The van der Waals surface area contributed by atoms with E-state index in [0.717, 1.165) is 17.7 Å². The number of aromatic nitrogens is 1. The summed E-state index contributed by atoms with van der Waals surface area (Å²) >= 11 is 3.10. The van der Waals surface area contributed by atoms with Gasteiger partial charge in [-0.2, -0.15) is 0 Å². The predicted molar refractivity (Wildman–Crippen MR) is 108 cm³/mol. The number of nitrogens with zero attached hydrogens (tertiary/aromatic N) is 1. The first-order chi connectivity index (χ1) is 12.2. The molecule has 2 aromatic rings. The number of carbonyl (C=O) groups excluding carboxylic acids is 2. The van der Waals surface area contributed by atoms with E-state index >= 15 is 0 Å². The zero-order chi connectivity index (χ0) is 18.9. The summed E-state index contributed by atoms with van der Waals surface area (Å²) in [6.07, 6.45) is 1.61. The second-order valence-corrected chi connectivity index (χ2v) is 10.4. The second-order valence-electron chi connectivity index (χ2n) is 7.77. The van der Waals surface area contributed by atoms with Gasteiger partial charge < -0.3 is 5.32 Å². The number of thiazole rings is 1. The zero-order valence-corrected chi connectivity index (χ0v) is 17.2. The van der Waals surface area contributed by atoms with E-state index in [4.69, 9.17) is 0 Å². The maximum atomic E-state index is 12.3. The lowest BCUT2D eigenvalue weighted by Crippen LogP contribution is -2.26. The summed E-state index contributed by atoms with van der Waals surface area (Å²) in [5.41, 5.74) is 1.73. The van der Waals surface area contributed by atoms with E-state index in [9.17, 15) is 9.59 Å². The van der Waals surface area contributed by atoms with Crippen molar-refractivity contribution in [2.24, 2.45) is 5.41 Å². The van der Waals surface area contributed by atoms with Crippen LogP contribution < -0.4 is 5.32 Å². The van der Waals surface area contributed by atoms with Crippen molar-refractivity contribution in [1.29, 1.82) is 0 Å². The molecule has 0 radical (unpaired) electrons. The van der Waals surface area contributed by atoms with Crippen LogP contribution in [0.25, 0.3) is 0 Å². The van der Waals surface area contributed by atoms with Gasteiger partial charge in [-0.1, -0.05) is 51.2 Å². The van der Waals surface area contributed by atoms with Crippen molar-refractivity contribution >= 4 is 39.9 Å². The summed E-state index contributed by atoms with van der Waals surface area (Å²) in [5, 5.41) is 3.91. The number of anilines is 1. The first-order valence-corrected chi connectivity index (χ1v) is 10.5. The number of carbonyl (C=O) groups is 2. The third kappa shape index (κ3) is 4.74. The molecule has 4 nitrogen and oxygen atoms in total. The van der Waals surface area contributed by atoms with Gasteiger partial charge in [-0.15, -0.1) is 11.8 Å². The normalized spacial score (nSPS) is 15.8. The molecule has 138 valence electrons. The maximum Gasteiger partial charge on any atom is 0.230 e. The van der Waals surface area contributed by atoms with E-state index in [-0.39, 0.29) is 17.1 Å². The minimum Gasteiger partial charge on any atom is -0.302 e. The smallest absolute Gasteiger partial charge is 0.230 e. The third-order valence-corrected chi connectivity index (χ3v) is 6.21. The molecule has 1 heterocycles. The molecular formula is C20H24N2O2S2. The number of thioether (sulfide) groups is 1. The molecule has 6 heteroatoms. The molecule has 0 saturated carbocycles. The molecule has 1 aromatic carbocycles. The average Bonchev–Trinajstić information content (AvgIpc) is 2.89. The largest absolute Gasteiger partial charge is 0.302 e. The Morgan fingerprint density at radius 3 is 2.62 bits per heavy atom. The van der Waals surface area contributed by atoms with Crippen molar-refractivity contribution in [2.45, 2.75) is 57.1 Å². The number of Topliss-reactive ketones (excluding diaryl/α,β-unsaturated/α-hetero) is 1. The van der Waals surface area contributed by atoms with Crippen molar-refractivity contribution in [3.8, 4) is 0 Å². The highest BCUT2D eigenvalue weighted by Crippen LogP contribution is 2.38. The first-order valence-electron chi connectivity index (χ1n) is 8.80. The maximum absolute atomic E-state index is 12.3. The van der Waals surface area contributed by atoms with Gasteiger partial charge in [0.25, 0.3) is 0 Å². The van der Waals surface area contributed by atoms with Gasteiger partial charge in [0.05, 0.1) is 17.0 Å². The van der Waals surface area contributed by atoms with Gasteiger partial charge in [0.1, 0.15) is 0 Å². The molecule has 0 aliphatic heterocycles. The van der Waals surface area contributed by atoms with Gasteiger partial charge in [0.2, 0.25) is 5.91 Å². The highest BCUT2D eigenvalue weighted by Gasteiger charge is 2.34. The average molecular weight is 389 g/mol. The summed E-state index contributed by atoms with van der Waals surface area (Å²) in [6.45, 7) is 8.47. The topological polar surface area (TPSA) is 59.1 Å². The van der Waals surface area contributed by atoms with Crippen LogP contribution >= 0.6 is 23.1 Å². The minimum atomic E-state index is -0.105. The fourth-order valence-electron chi connectivity index (χ4n) is 3.08. The Morgan fingerprint density at radius 2 is 1.96 bits per heavy atom. The highest BCUT2D eigenvalue weighted by atomic mass is 32.2. The van der Waals surface area contributed by atoms with Gasteiger partial charge in [-0.25, -0.2) is 4.98 Å². The summed E-state index contributed by atoms with van der Waals surface area (Å²) in [5.74, 6) is 0.0274. The zero-order valence-electron chi connectivity index (χ0n) is 15.6. The van der Waals surface area contributed by atoms with Crippen molar-refractivity contribution in [3.05, 3.63) is 40.4 Å². The lowest BCUT2D eigenvalue weighted by Gasteiger charge is -2.26. The van der Waals surface area contributed by atoms with Crippen LogP contribution in [0, 0.1) is 5.41 Å². The summed E-state index contributed by atoms with van der Waals surface area (Å²) in [7, 11) is 0. The molecular weight excluding hydrogens is 364 g/mol. The Kier molecular flexibility index (Phi) is 5.53. The number of fused-ring (bicyclic) bond motifs is 1. The standard InChI is InChI=1S/C20H24N2O2S2/c1-12(2)25-14-7-5-13(6-8-14)9-17(24)22-19-21-15-10-20(3,4)11-16(23)18(15)26-19/h5-8,12H,9-11H2,1-4H3,(H,21,22,24). The molecule has 0 unspecified atom stereocenters. The van der Waals surface area contributed by atoms with Gasteiger partial charge in [0.15, 0.2) is 10.9 Å². The molecule has 1 N–H and O–H groups in total. The van der Waals surface area contributed by atoms with Crippen LogP contribution in [0.2, 0.25) is 0 Å². The quantitative estimate of drug-likeness (QED) is 0.734. The van der Waals surface area contributed by atoms with E-state index < -0.39 is 0 Å². The Morgan fingerprint density at radius 1 is 1.27 bits per heavy atom. The van der Waals surface area contributed by atoms with Gasteiger partial charge >= 0.3 is 0 Å². The summed E-state index contributed by atoms with van der Waals surface area (Å²) in [6, 6.07) is 8.08. The van der Waals surface area contributed by atoms with Crippen LogP contribution in [0.1, 0.15) is 55.0 Å². The molecule has 0 spiro atoms. The summed E-state index contributed by atoms with van der Waals surface area (Å²) < 4.78 is 0. The van der Waals surface area contributed by atoms with Gasteiger partial charge in [0, 0.05) is 16.6 Å². The number of rotatable bonds is 5. The summed E-state index contributed by atoms with van der Waals surface area (Å²) in [4.78, 5) is 31.0. The molecule has 0 saturated heterocycles. The molecule has 0 fully saturated rings. The number of ketones is 1. The second kappa shape index (κ2) is 7.53. The molecule has 26 heavy (non-hydrogen) atoms. The van der Waals surface area contributed by atoms with E-state index in [1.807, 2.05) is 12.1 Å². The molecule has 0 atom stereocenters. The molecule has 1 aliphatic carbocycles. The van der Waals surface area contributed by atoms with Crippen molar-refractivity contribution < 1.29 is 9.59 Å². The van der Waals surface area contributed by atoms with Crippen LogP contribution in [0.5, 0.6) is 0 Å². The Labute approximate surface area is 162 Å². The van der Waals surface area contributed by atoms with Crippen LogP contribution in [-0.2, 0) is 17.6 Å². The number of hydrogen-bond donors (Lipinski definition) is 1. The third-order valence-electron chi connectivity index (χ3n) is 4.14. The lowest BCUT2D eigenvalue weighted by molar-refractivity contribution is -0.115. The number of hydrogen-bond acceptors (Lipinski definition) is 5. The van der Waals surface area contributed by atoms with Gasteiger partial charge in [-0.3, -0.25) is 9.59 Å². The van der Waals surface area contributed by atoms with Crippen LogP contribution in [0.3, 0.4) is 0 Å². The van der Waals surface area contributed by atoms with E-state index in [0.29, 0.717) is 28.1 Å². The number of benzene rings is 1. The SMILES string of the molecule is CC(C)Sc1ccc(CC(=O)Nc2nc3c(s2)C(=O)CC(C)(C)C3)cc1. The molecule has 0 bridgehead atoms. The molecule has 1 aromatic heterocycles. The van der Waals surface area contributed by atoms with Crippen molar-refractivity contribution in [3.63, 3.8) is 0 Å². The van der Waals surface area contributed by atoms with Crippen LogP contribution in [0.15, 0.2) is 29.2 Å². The van der Waals surface area contributed by atoms with Crippen molar-refractivity contribution in [1.82, 2.24) is 4.98 Å². The Hall–Kier alpha value is -1.66. The van der Waals surface area contributed by atoms with E-state index in [1.165, 1.54) is 16.2 Å². The monoisotopic (exact) mass is 388 g/mol. The highest BCUT2D eigenvalue weighted by molar-refractivity contribution is 7.99. The molecule has 1 amide bonds. The Balaban J connectivity index is 1.63. The van der Waals surface area contributed by atoms with E-state index in [2.05, 4.69) is 50.1 Å². The molecule has 3 rings (SSSR count). The Bertz CT molecular complexity index is 823.